The summed E-state index contributed by atoms with van der Waals surface area (Å²) < 4.78 is 1.31. The fourth-order valence-electron chi connectivity index (χ4n) is 3.11. The first-order chi connectivity index (χ1) is 12.9. The van der Waals surface area contributed by atoms with Crippen molar-refractivity contribution in [3.05, 3.63) is 0 Å². The summed E-state index contributed by atoms with van der Waals surface area (Å²) in [6.07, 6.45) is 25.6. The van der Waals surface area contributed by atoms with E-state index in [4.69, 9.17) is 0 Å². The van der Waals surface area contributed by atoms with Crippen LogP contribution in [0.15, 0.2) is 0 Å². The minimum atomic E-state index is 1.03. The van der Waals surface area contributed by atoms with Crippen molar-refractivity contribution in [3.63, 3.8) is 0 Å². The van der Waals surface area contributed by atoms with Gasteiger partial charge in [0.15, 0.2) is 0 Å². The Morgan fingerprint density at radius 2 is 0.808 bits per heavy atom. The van der Waals surface area contributed by atoms with Crippen LogP contribution in [0, 0.1) is 23.7 Å². The van der Waals surface area contributed by atoms with E-state index in [1.165, 1.54) is 114 Å². The van der Waals surface area contributed by atoms with E-state index in [9.17, 15) is 0 Å². The van der Waals surface area contributed by atoms with Crippen LogP contribution in [0.3, 0.4) is 0 Å². The lowest BCUT2D eigenvalue weighted by Gasteiger charge is -2.00. The van der Waals surface area contributed by atoms with E-state index in [1.807, 2.05) is 0 Å². The minimum Gasteiger partial charge on any atom is -0.0891 e. The summed E-state index contributed by atoms with van der Waals surface area (Å²) in [5, 5.41) is 0. The van der Waals surface area contributed by atoms with Crippen molar-refractivity contribution in [1.82, 2.24) is 0 Å². The zero-order chi connectivity index (χ0) is 19.0. The van der Waals surface area contributed by atoms with Gasteiger partial charge in [-0.05, 0) is 35.5 Å². The molecule has 0 saturated carbocycles. The maximum absolute atomic E-state index is 3.22. The van der Waals surface area contributed by atoms with Crippen LogP contribution in [0.4, 0.5) is 0 Å². The molecule has 0 aliphatic rings. The van der Waals surface area contributed by atoms with Gasteiger partial charge in [-0.3, -0.25) is 0 Å². The molecule has 1 heteroatoms. The van der Waals surface area contributed by atoms with E-state index in [1.54, 1.807) is 0 Å². The Morgan fingerprint density at radius 3 is 1.19 bits per heavy atom. The second-order valence-electron chi connectivity index (χ2n) is 7.45. The van der Waals surface area contributed by atoms with Gasteiger partial charge in [-0.2, -0.15) is 0 Å². The Balaban J connectivity index is 3.22. The predicted molar refractivity (Wildman–Crippen MR) is 128 cm³/mol. The summed E-state index contributed by atoms with van der Waals surface area (Å²) in [6.45, 7) is 2.28. The maximum Gasteiger partial charge on any atom is 0.00989 e. The third-order valence-electron chi connectivity index (χ3n) is 4.83. The molecule has 0 rings (SSSR count). The Labute approximate surface area is 179 Å². The van der Waals surface area contributed by atoms with E-state index in [0.29, 0.717) is 0 Å². The quantitative estimate of drug-likeness (QED) is 0.0812. The summed E-state index contributed by atoms with van der Waals surface area (Å²) in [5.41, 5.74) is 0. The van der Waals surface area contributed by atoms with E-state index >= 15 is 0 Å². The van der Waals surface area contributed by atoms with Crippen LogP contribution in [0.1, 0.15) is 129 Å². The van der Waals surface area contributed by atoms with E-state index < -0.39 is 0 Å². The zero-order valence-electron chi connectivity index (χ0n) is 17.5. The van der Waals surface area contributed by atoms with Gasteiger partial charge >= 0.3 is 0 Å². The topological polar surface area (TPSA) is 0 Å². The lowest BCUT2D eigenvalue weighted by atomic mass is 10.1. The van der Waals surface area contributed by atoms with Gasteiger partial charge in [0.25, 0.3) is 0 Å². The van der Waals surface area contributed by atoms with Crippen LogP contribution in [0.25, 0.3) is 0 Å². The van der Waals surface area contributed by atoms with Crippen LogP contribution in [-0.2, 0) is 0 Å². The molecule has 0 aromatic rings. The summed E-state index contributed by atoms with van der Waals surface area (Å²) >= 11 is 2.47. The highest BCUT2D eigenvalue weighted by molar-refractivity contribution is 14.1. The van der Waals surface area contributed by atoms with Crippen LogP contribution < -0.4 is 0 Å². The largest absolute Gasteiger partial charge is 0.0891 e. The average Bonchev–Trinajstić information content (AvgIpc) is 2.66. The molecule has 0 atom stereocenters. The molecule has 0 aromatic carbocycles. The van der Waals surface area contributed by atoms with Crippen molar-refractivity contribution in [2.75, 3.05) is 4.43 Å². The van der Waals surface area contributed by atoms with Crippen LogP contribution in [0.2, 0.25) is 0 Å². The number of hydrogen-bond donors (Lipinski definition) is 0. The van der Waals surface area contributed by atoms with Gasteiger partial charge in [-0.15, -0.1) is 0 Å². The minimum absolute atomic E-state index is 1.03. The molecule has 0 aromatic heterocycles. The predicted octanol–water partition coefficient (Wildman–Crippen LogP) is 8.86. The molecule has 0 N–H and O–H groups in total. The van der Waals surface area contributed by atoms with Crippen molar-refractivity contribution in [2.24, 2.45) is 0 Å². The fourth-order valence-corrected chi connectivity index (χ4v) is 3.65. The standard InChI is InChI=1S/C25H43I/c1-2-3-4-5-6-7-8-9-10-11-12-13-14-15-16-17-18-19-20-21-22-23-24-25-26/h2-12,17-25H2,1H3. The number of halogens is 1. The molecule has 0 saturated heterocycles. The summed E-state index contributed by atoms with van der Waals surface area (Å²) in [4.78, 5) is 0. The molecule has 0 bridgehead atoms. The van der Waals surface area contributed by atoms with Gasteiger partial charge in [0.2, 0.25) is 0 Å². The van der Waals surface area contributed by atoms with Gasteiger partial charge in [0.05, 0.1) is 0 Å². The number of hydrogen-bond acceptors (Lipinski definition) is 0. The molecule has 0 spiro atoms. The fraction of sp³-hybridized carbons (Fsp3) is 0.840. The normalized spacial score (nSPS) is 10.1. The zero-order valence-corrected chi connectivity index (χ0v) is 19.7. The summed E-state index contributed by atoms with van der Waals surface area (Å²) in [5.74, 6) is 12.5. The number of rotatable bonds is 18. The molecule has 26 heavy (non-hydrogen) atoms. The molecule has 0 amide bonds. The van der Waals surface area contributed by atoms with Crippen molar-refractivity contribution >= 4 is 22.6 Å². The van der Waals surface area contributed by atoms with Crippen molar-refractivity contribution in [1.29, 1.82) is 0 Å². The van der Waals surface area contributed by atoms with E-state index in [-0.39, 0.29) is 0 Å². The highest BCUT2D eigenvalue weighted by Crippen LogP contribution is 2.11. The number of unbranched alkanes of at least 4 members (excludes halogenated alkanes) is 17. The lowest BCUT2D eigenvalue weighted by molar-refractivity contribution is 0.558. The Bertz CT molecular complexity index is 376. The molecule has 0 radical (unpaired) electrons. The molecular formula is C25H43I. The van der Waals surface area contributed by atoms with Gasteiger partial charge in [-0.25, -0.2) is 0 Å². The van der Waals surface area contributed by atoms with E-state index in [2.05, 4.69) is 53.2 Å². The van der Waals surface area contributed by atoms with Crippen molar-refractivity contribution < 1.29 is 0 Å². The van der Waals surface area contributed by atoms with Gasteiger partial charge in [0, 0.05) is 12.8 Å². The number of alkyl halides is 1. The van der Waals surface area contributed by atoms with Crippen LogP contribution in [-0.4, -0.2) is 4.43 Å². The van der Waals surface area contributed by atoms with Gasteiger partial charge in [-0.1, -0.05) is 131 Å². The van der Waals surface area contributed by atoms with E-state index in [0.717, 1.165) is 12.8 Å². The smallest absolute Gasteiger partial charge is 0.00989 e. The molecule has 0 heterocycles. The van der Waals surface area contributed by atoms with Crippen molar-refractivity contribution in [3.8, 4) is 23.7 Å². The molecule has 0 aliphatic heterocycles. The average molecular weight is 471 g/mol. The SMILES string of the molecule is CCCCCCCCCCCCC#CC#CCCCCCCCCCI. The van der Waals surface area contributed by atoms with Crippen LogP contribution >= 0.6 is 22.6 Å². The molecular weight excluding hydrogens is 427 g/mol. The molecule has 0 aliphatic carbocycles. The maximum atomic E-state index is 3.22. The highest BCUT2D eigenvalue weighted by Gasteiger charge is 1.92. The Kier molecular flexibility index (Phi) is 24.7. The van der Waals surface area contributed by atoms with Gasteiger partial charge in [0.1, 0.15) is 0 Å². The van der Waals surface area contributed by atoms with Crippen LogP contribution in [0.5, 0.6) is 0 Å². The Morgan fingerprint density at radius 1 is 0.462 bits per heavy atom. The molecule has 0 unspecified atom stereocenters. The van der Waals surface area contributed by atoms with Gasteiger partial charge < -0.3 is 0 Å². The van der Waals surface area contributed by atoms with Crippen molar-refractivity contribution in [2.45, 2.75) is 129 Å². The summed E-state index contributed by atoms with van der Waals surface area (Å²) in [7, 11) is 0. The molecule has 150 valence electrons. The first-order valence-corrected chi connectivity index (χ1v) is 13.0. The second-order valence-corrected chi connectivity index (χ2v) is 8.53. The third kappa shape index (κ3) is 23.9. The molecule has 0 nitrogen and oxygen atoms in total. The first-order valence-electron chi connectivity index (χ1n) is 11.4. The summed E-state index contributed by atoms with van der Waals surface area (Å²) in [6, 6.07) is 0. The monoisotopic (exact) mass is 470 g/mol. The third-order valence-corrected chi connectivity index (χ3v) is 5.59. The molecule has 0 fully saturated rings. The highest BCUT2D eigenvalue weighted by atomic mass is 127. The second kappa shape index (κ2) is 24.8. The Hall–Kier alpha value is -0.150. The first kappa shape index (κ1) is 25.9. The lowest BCUT2D eigenvalue weighted by Crippen LogP contribution is -1.81.